The van der Waals surface area contributed by atoms with Crippen molar-refractivity contribution in [1.82, 2.24) is 10.6 Å². The molecule has 0 saturated carbocycles. The van der Waals surface area contributed by atoms with Gasteiger partial charge in [0.15, 0.2) is 5.96 Å². The predicted octanol–water partition coefficient (Wildman–Crippen LogP) is 1.58. The van der Waals surface area contributed by atoms with Gasteiger partial charge in [0.1, 0.15) is 21.3 Å². The van der Waals surface area contributed by atoms with Gasteiger partial charge in [0.05, 0.1) is 26.5 Å². The van der Waals surface area contributed by atoms with Crippen LogP contribution >= 0.6 is 0 Å². The number of nitrogens with one attached hydrogen (secondary N) is 2. The minimum absolute atomic E-state index is 0.00899. The Morgan fingerprint density at radius 2 is 2.00 bits per heavy atom. The fourth-order valence-corrected chi connectivity index (χ4v) is 2.94. The summed E-state index contributed by atoms with van der Waals surface area (Å²) in [7, 11) is 0.252. The summed E-state index contributed by atoms with van der Waals surface area (Å²) in [4.78, 5) is 4.56. The molecule has 1 atom stereocenters. The molecule has 0 spiro atoms. The number of sulfone groups is 1. The maximum Gasteiger partial charge on any atom is 0.191 e. The third-order valence-electron chi connectivity index (χ3n) is 3.55. The molecule has 0 fully saturated rings. The lowest BCUT2D eigenvalue weighted by Crippen LogP contribution is -2.42. The van der Waals surface area contributed by atoms with Gasteiger partial charge in [-0.3, -0.25) is 0 Å². The average Bonchev–Trinajstić information content (AvgIpc) is 2.57. The van der Waals surface area contributed by atoms with Crippen LogP contribution in [0.1, 0.15) is 25.8 Å². The third kappa shape index (κ3) is 8.11. The van der Waals surface area contributed by atoms with Crippen LogP contribution in [0.2, 0.25) is 0 Å². The quantitative estimate of drug-likeness (QED) is 0.506. The lowest BCUT2D eigenvalue weighted by Gasteiger charge is -2.17. The van der Waals surface area contributed by atoms with Crippen LogP contribution in [0.25, 0.3) is 0 Å². The van der Waals surface area contributed by atoms with Crippen molar-refractivity contribution >= 4 is 15.8 Å². The average molecular weight is 372 g/mol. The topological polar surface area (TPSA) is 89.0 Å². The number of methoxy groups -OCH3 is 2. The van der Waals surface area contributed by atoms with Gasteiger partial charge in [-0.15, -0.1) is 0 Å². The molecule has 7 nitrogen and oxygen atoms in total. The van der Waals surface area contributed by atoms with Crippen molar-refractivity contribution < 1.29 is 17.9 Å². The van der Waals surface area contributed by atoms with E-state index in [-0.39, 0.29) is 11.8 Å². The largest absolute Gasteiger partial charge is 0.497 e. The number of nitrogens with zero attached hydrogens (tertiary/aromatic N) is 1. The Morgan fingerprint density at radius 3 is 2.56 bits per heavy atom. The van der Waals surface area contributed by atoms with E-state index in [9.17, 15) is 8.42 Å². The van der Waals surface area contributed by atoms with Crippen LogP contribution in [0.5, 0.6) is 11.5 Å². The van der Waals surface area contributed by atoms with Gasteiger partial charge in [-0.25, -0.2) is 13.4 Å². The van der Waals surface area contributed by atoms with E-state index in [1.165, 1.54) is 6.26 Å². The second kappa shape index (κ2) is 10.1. The molecule has 0 aliphatic carbocycles. The predicted molar refractivity (Wildman–Crippen MR) is 101 cm³/mol. The first kappa shape index (κ1) is 21.1. The van der Waals surface area contributed by atoms with Gasteiger partial charge in [-0.2, -0.15) is 0 Å². The molecule has 0 aliphatic rings. The number of guanidine groups is 1. The Kier molecular flexibility index (Phi) is 8.54. The Balaban J connectivity index is 2.78. The number of benzene rings is 1. The molecule has 0 aromatic heterocycles. The zero-order valence-electron chi connectivity index (χ0n) is 15.6. The number of aliphatic imine (C=N–C) groups is 1. The smallest absolute Gasteiger partial charge is 0.191 e. The van der Waals surface area contributed by atoms with Gasteiger partial charge in [0, 0.05) is 30.5 Å². The zero-order chi connectivity index (χ0) is 18.9. The Labute approximate surface area is 150 Å². The molecule has 0 aliphatic heterocycles. The highest BCUT2D eigenvalue weighted by Crippen LogP contribution is 2.25. The van der Waals surface area contributed by atoms with Crippen molar-refractivity contribution in [2.24, 2.45) is 4.99 Å². The Bertz CT molecular complexity index is 674. The molecule has 25 heavy (non-hydrogen) atoms. The van der Waals surface area contributed by atoms with E-state index in [2.05, 4.69) is 15.6 Å². The molecule has 1 aromatic rings. The standard InChI is InChI=1S/C17H29N3O4S/c1-6-18-17(20-13(2)9-10-25(5,21)22)19-12-14-7-8-15(23-3)11-16(14)24-4/h7-8,11,13H,6,9-10,12H2,1-5H3,(H2,18,19,20). The first-order valence-corrected chi connectivity index (χ1v) is 10.3. The van der Waals surface area contributed by atoms with E-state index < -0.39 is 9.84 Å². The lowest BCUT2D eigenvalue weighted by molar-refractivity contribution is 0.391. The van der Waals surface area contributed by atoms with Crippen molar-refractivity contribution in [3.8, 4) is 11.5 Å². The van der Waals surface area contributed by atoms with E-state index in [1.807, 2.05) is 32.0 Å². The van der Waals surface area contributed by atoms with Crippen molar-refractivity contribution in [3.05, 3.63) is 23.8 Å². The highest BCUT2D eigenvalue weighted by molar-refractivity contribution is 7.90. The molecule has 2 N–H and O–H groups in total. The van der Waals surface area contributed by atoms with Crippen molar-refractivity contribution in [2.75, 3.05) is 32.8 Å². The summed E-state index contributed by atoms with van der Waals surface area (Å²) in [5.74, 6) is 2.22. The molecule has 0 radical (unpaired) electrons. The molecule has 0 heterocycles. The number of hydrogen-bond acceptors (Lipinski definition) is 5. The fourth-order valence-electron chi connectivity index (χ4n) is 2.16. The number of ether oxygens (including phenoxy) is 2. The molecule has 1 aromatic carbocycles. The first-order chi connectivity index (χ1) is 11.8. The van der Waals surface area contributed by atoms with Crippen LogP contribution in [0, 0.1) is 0 Å². The van der Waals surface area contributed by atoms with Crippen LogP contribution in [-0.4, -0.2) is 53.2 Å². The summed E-state index contributed by atoms with van der Waals surface area (Å²) >= 11 is 0. The van der Waals surface area contributed by atoms with Gasteiger partial charge in [0.2, 0.25) is 0 Å². The Hall–Kier alpha value is -1.96. The minimum atomic E-state index is -2.97. The van der Waals surface area contributed by atoms with E-state index in [0.29, 0.717) is 31.2 Å². The molecule has 8 heteroatoms. The zero-order valence-corrected chi connectivity index (χ0v) is 16.4. The lowest BCUT2D eigenvalue weighted by atomic mass is 10.2. The molecule has 0 saturated heterocycles. The summed E-state index contributed by atoms with van der Waals surface area (Å²) in [5.41, 5.74) is 0.935. The van der Waals surface area contributed by atoms with E-state index >= 15 is 0 Å². The SMILES string of the molecule is CCNC(=NCc1ccc(OC)cc1OC)NC(C)CCS(C)(=O)=O. The van der Waals surface area contributed by atoms with Gasteiger partial charge < -0.3 is 20.1 Å². The number of rotatable bonds is 9. The fraction of sp³-hybridized carbons (Fsp3) is 0.588. The molecule has 142 valence electrons. The summed E-state index contributed by atoms with van der Waals surface area (Å²) in [6, 6.07) is 5.59. The normalized spacial score (nSPS) is 13.2. The van der Waals surface area contributed by atoms with Crippen molar-refractivity contribution in [1.29, 1.82) is 0 Å². The molecular formula is C17H29N3O4S. The monoisotopic (exact) mass is 371 g/mol. The van der Waals surface area contributed by atoms with E-state index in [1.54, 1.807) is 14.2 Å². The molecule has 0 amide bonds. The van der Waals surface area contributed by atoms with Crippen molar-refractivity contribution in [3.63, 3.8) is 0 Å². The highest BCUT2D eigenvalue weighted by atomic mass is 32.2. The van der Waals surface area contributed by atoms with Crippen LogP contribution in [0.4, 0.5) is 0 Å². The van der Waals surface area contributed by atoms with E-state index in [4.69, 9.17) is 9.47 Å². The summed E-state index contributed by atoms with van der Waals surface area (Å²) in [6.45, 7) is 5.06. The second-order valence-corrected chi connectivity index (χ2v) is 8.10. The minimum Gasteiger partial charge on any atom is -0.497 e. The van der Waals surface area contributed by atoms with Gasteiger partial charge in [0.25, 0.3) is 0 Å². The summed E-state index contributed by atoms with van der Waals surface area (Å²) in [5, 5.41) is 6.39. The third-order valence-corrected chi connectivity index (χ3v) is 4.53. The van der Waals surface area contributed by atoms with Crippen LogP contribution < -0.4 is 20.1 Å². The summed E-state index contributed by atoms with van der Waals surface area (Å²) < 4.78 is 33.1. The molecular weight excluding hydrogens is 342 g/mol. The second-order valence-electron chi connectivity index (χ2n) is 5.84. The molecule has 1 rings (SSSR count). The first-order valence-electron chi connectivity index (χ1n) is 8.22. The van der Waals surface area contributed by atoms with Gasteiger partial charge in [-0.1, -0.05) is 0 Å². The number of hydrogen-bond donors (Lipinski definition) is 2. The van der Waals surface area contributed by atoms with E-state index in [0.717, 1.165) is 11.3 Å². The maximum atomic E-state index is 11.3. The Morgan fingerprint density at radius 1 is 1.28 bits per heavy atom. The van der Waals surface area contributed by atoms with Crippen LogP contribution in [0.3, 0.4) is 0 Å². The van der Waals surface area contributed by atoms with Crippen LogP contribution in [0.15, 0.2) is 23.2 Å². The molecule has 0 bridgehead atoms. The van der Waals surface area contributed by atoms with Gasteiger partial charge >= 0.3 is 0 Å². The summed E-state index contributed by atoms with van der Waals surface area (Å²) in [6.07, 6.45) is 1.77. The maximum absolute atomic E-state index is 11.3. The van der Waals surface area contributed by atoms with Crippen LogP contribution in [-0.2, 0) is 16.4 Å². The van der Waals surface area contributed by atoms with Gasteiger partial charge in [-0.05, 0) is 32.4 Å². The van der Waals surface area contributed by atoms with Crippen molar-refractivity contribution in [2.45, 2.75) is 32.9 Å². The highest BCUT2D eigenvalue weighted by Gasteiger charge is 2.10. The molecule has 1 unspecified atom stereocenters.